The topological polar surface area (TPSA) is 92.8 Å². The van der Waals surface area contributed by atoms with Crippen molar-refractivity contribution in [3.8, 4) is 0 Å². The summed E-state index contributed by atoms with van der Waals surface area (Å²) in [7, 11) is -3.22. The molecule has 0 radical (unpaired) electrons. The Morgan fingerprint density at radius 1 is 1.21 bits per heavy atom. The monoisotopic (exact) mass is 354 g/mol. The molecular formula is C16H22N2O5S. The molecule has 1 saturated heterocycles. The summed E-state index contributed by atoms with van der Waals surface area (Å²) in [6.07, 6.45) is 0.611. The molecule has 1 N–H and O–H groups in total. The van der Waals surface area contributed by atoms with Crippen LogP contribution in [-0.4, -0.2) is 39.2 Å². The number of hydrogen-bond donors (Lipinski definition) is 1. The van der Waals surface area contributed by atoms with Crippen LogP contribution in [0, 0.1) is 5.41 Å². The first kappa shape index (κ1) is 18.3. The number of anilines is 2. The van der Waals surface area contributed by atoms with Crippen LogP contribution in [0.3, 0.4) is 0 Å². The second-order valence-electron chi connectivity index (χ2n) is 6.66. The van der Waals surface area contributed by atoms with Crippen LogP contribution in [0.1, 0.15) is 27.2 Å². The van der Waals surface area contributed by atoms with Crippen LogP contribution >= 0.6 is 0 Å². The molecular weight excluding hydrogens is 332 g/mol. The van der Waals surface area contributed by atoms with Gasteiger partial charge in [-0.2, -0.15) is 0 Å². The molecule has 7 nitrogen and oxygen atoms in total. The second-order valence-corrected chi connectivity index (χ2v) is 8.68. The number of amides is 1. The predicted molar refractivity (Wildman–Crippen MR) is 91.2 cm³/mol. The van der Waals surface area contributed by atoms with E-state index in [9.17, 15) is 18.0 Å². The Morgan fingerprint density at radius 3 is 2.33 bits per heavy atom. The molecule has 0 bridgehead atoms. The third-order valence-corrected chi connectivity index (χ3v) is 5.35. The largest absolute Gasteiger partial charge is 0.455 e. The van der Waals surface area contributed by atoms with Crippen LogP contribution in [0.4, 0.5) is 11.4 Å². The number of nitrogens with one attached hydrogen (secondary N) is 1. The highest BCUT2D eigenvalue weighted by molar-refractivity contribution is 7.93. The Kier molecular flexibility index (Phi) is 5.17. The van der Waals surface area contributed by atoms with Gasteiger partial charge in [0.1, 0.15) is 0 Å². The fraction of sp³-hybridized carbons (Fsp3) is 0.500. The lowest BCUT2D eigenvalue weighted by molar-refractivity contribution is -0.155. The van der Waals surface area contributed by atoms with Gasteiger partial charge in [-0.3, -0.25) is 13.9 Å². The van der Waals surface area contributed by atoms with E-state index >= 15 is 0 Å². The van der Waals surface area contributed by atoms with Gasteiger partial charge in [-0.1, -0.05) is 0 Å². The van der Waals surface area contributed by atoms with Crippen molar-refractivity contribution in [3.05, 3.63) is 24.3 Å². The van der Waals surface area contributed by atoms with Gasteiger partial charge in [0.05, 0.1) is 16.9 Å². The maximum atomic E-state index is 11.9. The number of carbonyl (C=O) groups is 2. The molecule has 1 aliphatic rings. The predicted octanol–water partition coefficient (Wildman–Crippen LogP) is 1.75. The quantitative estimate of drug-likeness (QED) is 0.832. The maximum Gasteiger partial charge on any atom is 0.311 e. The van der Waals surface area contributed by atoms with Gasteiger partial charge < -0.3 is 10.1 Å². The summed E-state index contributed by atoms with van der Waals surface area (Å²) < 4.78 is 30.0. The van der Waals surface area contributed by atoms with Crippen molar-refractivity contribution >= 4 is 33.3 Å². The fourth-order valence-electron chi connectivity index (χ4n) is 2.19. The van der Waals surface area contributed by atoms with Gasteiger partial charge in [-0.05, 0) is 51.5 Å². The number of ether oxygens (including phenoxy) is 1. The first-order valence-corrected chi connectivity index (χ1v) is 9.28. The molecule has 1 amide bonds. The number of benzene rings is 1. The molecule has 1 aliphatic heterocycles. The van der Waals surface area contributed by atoms with E-state index in [0.717, 1.165) is 0 Å². The number of hydrogen-bond acceptors (Lipinski definition) is 5. The summed E-state index contributed by atoms with van der Waals surface area (Å²) in [5.41, 5.74) is 0.417. The number of nitrogens with zero attached hydrogens (tertiary/aromatic N) is 1. The molecule has 2 rings (SSSR count). The van der Waals surface area contributed by atoms with Crippen molar-refractivity contribution in [2.24, 2.45) is 5.41 Å². The minimum absolute atomic E-state index is 0.157. The van der Waals surface area contributed by atoms with E-state index < -0.39 is 27.3 Å². The highest BCUT2D eigenvalue weighted by Gasteiger charge is 2.28. The molecule has 0 unspecified atom stereocenters. The molecule has 0 atom stereocenters. The minimum atomic E-state index is -3.22. The van der Waals surface area contributed by atoms with Crippen LogP contribution < -0.4 is 9.62 Å². The number of carbonyl (C=O) groups excluding carboxylic acids is 2. The van der Waals surface area contributed by atoms with E-state index in [2.05, 4.69) is 5.32 Å². The summed E-state index contributed by atoms with van der Waals surface area (Å²) in [4.78, 5) is 23.4. The Labute approximate surface area is 142 Å². The van der Waals surface area contributed by atoms with Gasteiger partial charge in [-0.25, -0.2) is 8.42 Å². The lowest BCUT2D eigenvalue weighted by Crippen LogP contribution is -2.28. The molecule has 1 aromatic carbocycles. The first-order chi connectivity index (χ1) is 11.1. The normalized spacial score (nSPS) is 16.7. The molecule has 1 fully saturated rings. The van der Waals surface area contributed by atoms with Gasteiger partial charge >= 0.3 is 5.97 Å². The van der Waals surface area contributed by atoms with E-state index in [1.165, 1.54) is 4.31 Å². The van der Waals surface area contributed by atoms with Crippen LogP contribution in [0.25, 0.3) is 0 Å². The minimum Gasteiger partial charge on any atom is -0.455 e. The van der Waals surface area contributed by atoms with E-state index in [-0.39, 0.29) is 12.4 Å². The van der Waals surface area contributed by atoms with Gasteiger partial charge in [0, 0.05) is 12.2 Å². The fourth-order valence-corrected chi connectivity index (χ4v) is 3.75. The molecule has 1 heterocycles. The highest BCUT2D eigenvalue weighted by Crippen LogP contribution is 2.25. The van der Waals surface area contributed by atoms with Crippen LogP contribution in [0.5, 0.6) is 0 Å². The van der Waals surface area contributed by atoms with E-state index in [1.54, 1.807) is 45.0 Å². The lowest BCUT2D eigenvalue weighted by Gasteiger charge is -2.17. The van der Waals surface area contributed by atoms with Crippen molar-refractivity contribution in [2.75, 3.05) is 28.5 Å². The van der Waals surface area contributed by atoms with Gasteiger partial charge in [-0.15, -0.1) is 0 Å². The third-order valence-electron chi connectivity index (χ3n) is 3.49. The van der Waals surface area contributed by atoms with E-state index in [4.69, 9.17) is 4.74 Å². The SMILES string of the molecule is CC(C)(C)C(=O)OCC(=O)Nc1ccc(N2CCCS2(=O)=O)cc1. The lowest BCUT2D eigenvalue weighted by atomic mass is 9.97. The molecule has 8 heteroatoms. The van der Waals surface area contributed by atoms with Gasteiger partial charge in [0.25, 0.3) is 5.91 Å². The summed E-state index contributed by atoms with van der Waals surface area (Å²) in [5.74, 6) is -0.744. The number of rotatable bonds is 4. The zero-order chi connectivity index (χ0) is 18.0. The van der Waals surface area contributed by atoms with Crippen LogP contribution in [0.2, 0.25) is 0 Å². The van der Waals surface area contributed by atoms with Crippen LogP contribution in [-0.2, 0) is 24.3 Å². The Morgan fingerprint density at radius 2 is 1.83 bits per heavy atom. The van der Waals surface area contributed by atoms with E-state index in [1.807, 2.05) is 0 Å². The Hall–Kier alpha value is -2.09. The van der Waals surface area contributed by atoms with Gasteiger partial charge in [0.15, 0.2) is 6.61 Å². The second kappa shape index (κ2) is 6.80. The van der Waals surface area contributed by atoms with Crippen molar-refractivity contribution in [1.29, 1.82) is 0 Å². The van der Waals surface area contributed by atoms with Crippen molar-refractivity contribution in [2.45, 2.75) is 27.2 Å². The Bertz CT molecular complexity index is 720. The first-order valence-electron chi connectivity index (χ1n) is 7.67. The summed E-state index contributed by atoms with van der Waals surface area (Å²) >= 11 is 0. The molecule has 0 saturated carbocycles. The van der Waals surface area contributed by atoms with Gasteiger partial charge in [0.2, 0.25) is 10.0 Å². The molecule has 0 aromatic heterocycles. The molecule has 1 aromatic rings. The standard InChI is InChI=1S/C16H22N2O5S/c1-16(2,3)15(20)23-11-14(19)17-12-5-7-13(8-6-12)18-9-4-10-24(18,21)22/h5-8H,4,9-11H2,1-3H3,(H,17,19). The van der Waals surface area contributed by atoms with Crippen molar-refractivity contribution in [3.63, 3.8) is 0 Å². The molecule has 132 valence electrons. The zero-order valence-electron chi connectivity index (χ0n) is 14.0. The van der Waals surface area contributed by atoms with E-state index in [0.29, 0.717) is 24.3 Å². The van der Waals surface area contributed by atoms with Crippen molar-refractivity contribution < 1.29 is 22.7 Å². The third kappa shape index (κ3) is 4.47. The number of esters is 1. The maximum absolute atomic E-state index is 11.9. The molecule has 0 aliphatic carbocycles. The molecule has 24 heavy (non-hydrogen) atoms. The summed E-state index contributed by atoms with van der Waals surface area (Å²) in [6, 6.07) is 6.51. The summed E-state index contributed by atoms with van der Waals surface area (Å²) in [6.45, 7) is 5.23. The highest BCUT2D eigenvalue weighted by atomic mass is 32.2. The number of sulfonamides is 1. The Balaban J connectivity index is 1.92. The van der Waals surface area contributed by atoms with Crippen molar-refractivity contribution in [1.82, 2.24) is 0 Å². The zero-order valence-corrected chi connectivity index (χ0v) is 14.9. The smallest absolute Gasteiger partial charge is 0.311 e. The molecule has 0 spiro atoms. The van der Waals surface area contributed by atoms with Crippen LogP contribution in [0.15, 0.2) is 24.3 Å². The average molecular weight is 354 g/mol. The average Bonchev–Trinajstić information content (AvgIpc) is 2.84. The summed E-state index contributed by atoms with van der Waals surface area (Å²) in [5, 5.41) is 2.60.